The van der Waals surface area contributed by atoms with Crippen molar-refractivity contribution in [2.45, 2.75) is 13.3 Å². The molecule has 0 aliphatic carbocycles. The Morgan fingerprint density at radius 2 is 2.64 bits per heavy atom. The summed E-state index contributed by atoms with van der Waals surface area (Å²) < 4.78 is 0. The minimum absolute atomic E-state index is 0.845. The Morgan fingerprint density at radius 3 is 3.09 bits per heavy atom. The SMILES string of the molecule is CCC(=NOC)c1cscn1. The monoisotopic (exact) mass is 170 g/mol. The zero-order chi connectivity index (χ0) is 8.10. The van der Waals surface area contributed by atoms with E-state index in [1.54, 1.807) is 24.0 Å². The predicted molar refractivity (Wildman–Crippen MR) is 46.0 cm³/mol. The van der Waals surface area contributed by atoms with E-state index in [4.69, 9.17) is 0 Å². The van der Waals surface area contributed by atoms with Crippen LogP contribution in [0.15, 0.2) is 16.0 Å². The third-order valence-corrected chi connectivity index (χ3v) is 1.85. The standard InChI is InChI=1S/C7H10N2OS/c1-3-6(9-10-2)7-4-11-5-8-7/h4-5H,3H2,1-2H3. The second kappa shape index (κ2) is 4.08. The first kappa shape index (κ1) is 8.20. The Balaban J connectivity index is 2.79. The summed E-state index contributed by atoms with van der Waals surface area (Å²) in [5.74, 6) is 0. The molecular formula is C7H10N2OS. The summed E-state index contributed by atoms with van der Waals surface area (Å²) in [4.78, 5) is 8.78. The van der Waals surface area contributed by atoms with Crippen LogP contribution in [0.2, 0.25) is 0 Å². The first-order valence-electron chi connectivity index (χ1n) is 3.37. The highest BCUT2D eigenvalue weighted by atomic mass is 32.1. The maximum absolute atomic E-state index is 4.67. The summed E-state index contributed by atoms with van der Waals surface area (Å²) in [7, 11) is 1.54. The number of thiazole rings is 1. The van der Waals surface area contributed by atoms with Crippen molar-refractivity contribution in [2.24, 2.45) is 5.16 Å². The zero-order valence-corrected chi connectivity index (χ0v) is 7.39. The Kier molecular flexibility index (Phi) is 3.04. The minimum Gasteiger partial charge on any atom is -0.399 e. The quantitative estimate of drug-likeness (QED) is 0.513. The van der Waals surface area contributed by atoms with Crippen molar-refractivity contribution in [3.05, 3.63) is 16.6 Å². The number of hydrogen-bond donors (Lipinski definition) is 0. The first-order chi connectivity index (χ1) is 5.38. The number of nitrogens with zero attached hydrogens (tertiary/aromatic N) is 2. The molecule has 0 aliphatic heterocycles. The molecule has 0 spiro atoms. The van der Waals surface area contributed by atoms with Gasteiger partial charge < -0.3 is 4.84 Å². The molecule has 4 heteroatoms. The Morgan fingerprint density at radius 1 is 1.82 bits per heavy atom. The van der Waals surface area contributed by atoms with Gasteiger partial charge in [-0.2, -0.15) is 0 Å². The highest BCUT2D eigenvalue weighted by Gasteiger charge is 2.02. The molecule has 1 aromatic rings. The summed E-state index contributed by atoms with van der Waals surface area (Å²) >= 11 is 1.56. The molecule has 0 amide bonds. The molecule has 1 heterocycles. The van der Waals surface area contributed by atoms with Crippen LogP contribution in [0.3, 0.4) is 0 Å². The summed E-state index contributed by atoms with van der Waals surface area (Å²) in [5, 5.41) is 5.81. The summed E-state index contributed by atoms with van der Waals surface area (Å²) in [5.41, 5.74) is 3.60. The topological polar surface area (TPSA) is 34.5 Å². The van der Waals surface area contributed by atoms with Gasteiger partial charge in [0.25, 0.3) is 0 Å². The molecule has 0 bridgehead atoms. The van der Waals surface area contributed by atoms with Gasteiger partial charge in [-0.3, -0.25) is 0 Å². The molecule has 0 saturated carbocycles. The third-order valence-electron chi connectivity index (χ3n) is 1.26. The maximum atomic E-state index is 4.67. The molecule has 1 rings (SSSR count). The van der Waals surface area contributed by atoms with Crippen molar-refractivity contribution in [1.29, 1.82) is 0 Å². The largest absolute Gasteiger partial charge is 0.399 e. The fourth-order valence-corrected chi connectivity index (χ4v) is 1.32. The number of oxime groups is 1. The second-order valence-corrected chi connectivity index (χ2v) is 2.67. The molecule has 0 unspecified atom stereocenters. The van der Waals surface area contributed by atoms with Gasteiger partial charge >= 0.3 is 0 Å². The van der Waals surface area contributed by atoms with Crippen LogP contribution in [0.1, 0.15) is 19.0 Å². The van der Waals surface area contributed by atoms with Crippen LogP contribution in [0.5, 0.6) is 0 Å². The Labute approximate surface area is 69.7 Å². The van der Waals surface area contributed by atoms with E-state index in [1.165, 1.54) is 0 Å². The fourth-order valence-electron chi connectivity index (χ4n) is 0.758. The lowest BCUT2D eigenvalue weighted by atomic mass is 10.2. The lowest BCUT2D eigenvalue weighted by molar-refractivity contribution is 0.213. The van der Waals surface area contributed by atoms with Crippen LogP contribution in [-0.2, 0) is 4.84 Å². The van der Waals surface area contributed by atoms with Gasteiger partial charge in [-0.15, -0.1) is 11.3 Å². The molecular weight excluding hydrogens is 160 g/mol. The average Bonchev–Trinajstić information content (AvgIpc) is 2.52. The van der Waals surface area contributed by atoms with Crippen molar-refractivity contribution in [3.63, 3.8) is 0 Å². The van der Waals surface area contributed by atoms with E-state index in [2.05, 4.69) is 15.0 Å². The van der Waals surface area contributed by atoms with Gasteiger partial charge in [-0.1, -0.05) is 12.1 Å². The smallest absolute Gasteiger partial charge is 0.106 e. The van der Waals surface area contributed by atoms with Crippen molar-refractivity contribution in [1.82, 2.24) is 4.98 Å². The van der Waals surface area contributed by atoms with Crippen LogP contribution in [0, 0.1) is 0 Å². The third kappa shape index (κ3) is 2.01. The van der Waals surface area contributed by atoms with Gasteiger partial charge in [-0.05, 0) is 6.42 Å². The molecule has 0 radical (unpaired) electrons. The Bertz CT molecular complexity index is 231. The van der Waals surface area contributed by atoms with E-state index >= 15 is 0 Å². The molecule has 0 aliphatic rings. The average molecular weight is 170 g/mol. The van der Waals surface area contributed by atoms with E-state index in [9.17, 15) is 0 Å². The molecule has 0 aromatic carbocycles. The normalized spacial score (nSPS) is 11.6. The molecule has 60 valence electrons. The lowest BCUT2D eigenvalue weighted by Crippen LogP contribution is -1.99. The van der Waals surface area contributed by atoms with E-state index in [-0.39, 0.29) is 0 Å². The van der Waals surface area contributed by atoms with E-state index in [1.807, 2.05) is 12.3 Å². The lowest BCUT2D eigenvalue weighted by Gasteiger charge is -1.95. The highest BCUT2D eigenvalue weighted by Crippen LogP contribution is 2.05. The van der Waals surface area contributed by atoms with Gasteiger partial charge in [0.2, 0.25) is 0 Å². The van der Waals surface area contributed by atoms with Crippen LogP contribution in [0.4, 0.5) is 0 Å². The Hall–Kier alpha value is -0.900. The number of rotatable bonds is 3. The molecule has 0 atom stereocenters. The highest BCUT2D eigenvalue weighted by molar-refractivity contribution is 7.07. The van der Waals surface area contributed by atoms with Crippen molar-refractivity contribution < 1.29 is 4.84 Å². The van der Waals surface area contributed by atoms with Crippen LogP contribution < -0.4 is 0 Å². The van der Waals surface area contributed by atoms with Gasteiger partial charge in [0.15, 0.2) is 0 Å². The van der Waals surface area contributed by atoms with Crippen LogP contribution in [0.25, 0.3) is 0 Å². The van der Waals surface area contributed by atoms with E-state index < -0.39 is 0 Å². The van der Waals surface area contributed by atoms with Gasteiger partial charge in [0, 0.05) is 5.38 Å². The van der Waals surface area contributed by atoms with Crippen molar-refractivity contribution >= 4 is 17.0 Å². The predicted octanol–water partition coefficient (Wildman–Crippen LogP) is 1.90. The summed E-state index contributed by atoms with van der Waals surface area (Å²) in [6, 6.07) is 0. The molecule has 0 saturated heterocycles. The minimum atomic E-state index is 0.845. The molecule has 11 heavy (non-hydrogen) atoms. The van der Waals surface area contributed by atoms with Crippen molar-refractivity contribution in [3.8, 4) is 0 Å². The van der Waals surface area contributed by atoms with Gasteiger partial charge in [-0.25, -0.2) is 4.98 Å². The van der Waals surface area contributed by atoms with Crippen molar-refractivity contribution in [2.75, 3.05) is 7.11 Å². The zero-order valence-electron chi connectivity index (χ0n) is 6.57. The number of aromatic nitrogens is 1. The molecule has 0 N–H and O–H groups in total. The maximum Gasteiger partial charge on any atom is 0.106 e. The van der Waals surface area contributed by atoms with E-state index in [0.29, 0.717) is 0 Å². The van der Waals surface area contributed by atoms with Crippen LogP contribution >= 0.6 is 11.3 Å². The second-order valence-electron chi connectivity index (χ2n) is 1.95. The fraction of sp³-hybridized carbons (Fsp3) is 0.429. The molecule has 3 nitrogen and oxygen atoms in total. The first-order valence-corrected chi connectivity index (χ1v) is 4.31. The van der Waals surface area contributed by atoms with E-state index in [0.717, 1.165) is 17.8 Å². The number of hydrogen-bond acceptors (Lipinski definition) is 4. The summed E-state index contributed by atoms with van der Waals surface area (Å²) in [6.07, 6.45) is 0.845. The van der Waals surface area contributed by atoms with Crippen LogP contribution in [-0.4, -0.2) is 17.8 Å². The molecule has 0 fully saturated rings. The van der Waals surface area contributed by atoms with Gasteiger partial charge in [0.1, 0.15) is 12.8 Å². The summed E-state index contributed by atoms with van der Waals surface area (Å²) in [6.45, 7) is 2.02. The molecule has 1 aromatic heterocycles. The van der Waals surface area contributed by atoms with Gasteiger partial charge in [0.05, 0.1) is 11.2 Å².